The fourth-order valence-corrected chi connectivity index (χ4v) is 2.68. The van der Waals surface area contributed by atoms with Crippen LogP contribution in [0, 0.1) is 10.1 Å². The Bertz CT molecular complexity index is 793. The van der Waals surface area contributed by atoms with Crippen LogP contribution in [0.3, 0.4) is 0 Å². The fraction of sp³-hybridized carbons (Fsp3) is 0.300. The van der Waals surface area contributed by atoms with Crippen molar-refractivity contribution in [3.63, 3.8) is 0 Å². The van der Waals surface area contributed by atoms with E-state index in [0.717, 1.165) is 24.8 Å². The maximum Gasteiger partial charge on any atom is 0.270 e. The number of rotatable bonds is 9. The summed E-state index contributed by atoms with van der Waals surface area (Å²) in [5.41, 5.74) is 0.989. The number of amides is 2. The molecule has 0 spiro atoms. The van der Waals surface area contributed by atoms with Gasteiger partial charge >= 0.3 is 0 Å². The van der Waals surface area contributed by atoms with Crippen LogP contribution in [0.4, 0.5) is 5.69 Å². The molecule has 142 valence electrons. The van der Waals surface area contributed by atoms with Crippen LogP contribution in [0.5, 0.6) is 0 Å². The van der Waals surface area contributed by atoms with Crippen molar-refractivity contribution < 1.29 is 14.5 Å². The van der Waals surface area contributed by atoms with E-state index in [0.29, 0.717) is 0 Å². The van der Waals surface area contributed by atoms with Crippen molar-refractivity contribution in [2.24, 2.45) is 0 Å². The molecule has 0 saturated carbocycles. The maximum atomic E-state index is 12.3. The molecule has 0 radical (unpaired) electrons. The van der Waals surface area contributed by atoms with Crippen LogP contribution in [0.15, 0.2) is 54.6 Å². The van der Waals surface area contributed by atoms with E-state index in [1.54, 1.807) is 0 Å². The van der Waals surface area contributed by atoms with E-state index < -0.39 is 10.8 Å². The van der Waals surface area contributed by atoms with E-state index in [1.165, 1.54) is 24.3 Å². The molecule has 27 heavy (non-hydrogen) atoms. The van der Waals surface area contributed by atoms with Crippen molar-refractivity contribution in [1.82, 2.24) is 10.6 Å². The second-order valence-electron chi connectivity index (χ2n) is 6.16. The number of nitro groups is 1. The Labute approximate surface area is 157 Å². The third kappa shape index (κ3) is 6.22. The number of unbranched alkanes of at least 4 members (excludes halogenated alkanes) is 1. The van der Waals surface area contributed by atoms with E-state index in [4.69, 9.17) is 0 Å². The van der Waals surface area contributed by atoms with Crippen LogP contribution in [-0.4, -0.2) is 23.3 Å². The van der Waals surface area contributed by atoms with Gasteiger partial charge in [-0.3, -0.25) is 19.7 Å². The predicted octanol–water partition coefficient (Wildman–Crippen LogP) is 3.37. The highest BCUT2D eigenvalue weighted by atomic mass is 16.6. The smallest absolute Gasteiger partial charge is 0.270 e. The Hall–Kier alpha value is -3.22. The van der Waals surface area contributed by atoms with Crippen molar-refractivity contribution in [3.8, 4) is 0 Å². The van der Waals surface area contributed by atoms with Crippen LogP contribution >= 0.6 is 0 Å². The molecule has 0 fully saturated rings. The molecule has 0 bridgehead atoms. The quantitative estimate of drug-likeness (QED) is 0.522. The molecule has 0 aliphatic rings. The Balaban J connectivity index is 1.94. The molecular formula is C20H23N3O4. The van der Waals surface area contributed by atoms with Crippen LogP contribution in [0.25, 0.3) is 0 Å². The minimum Gasteiger partial charge on any atom is -0.348 e. The topological polar surface area (TPSA) is 101 Å². The second-order valence-corrected chi connectivity index (χ2v) is 6.16. The number of nitrogens with one attached hydrogen (secondary N) is 2. The molecule has 7 nitrogen and oxygen atoms in total. The van der Waals surface area contributed by atoms with Gasteiger partial charge in [0.05, 0.1) is 17.5 Å². The van der Waals surface area contributed by atoms with Crippen molar-refractivity contribution in [1.29, 1.82) is 0 Å². The summed E-state index contributed by atoms with van der Waals surface area (Å²) in [5, 5.41) is 16.2. The minimum atomic E-state index is -0.568. The van der Waals surface area contributed by atoms with Gasteiger partial charge in [0.1, 0.15) is 0 Å². The zero-order chi connectivity index (χ0) is 19.6. The molecule has 0 saturated heterocycles. The zero-order valence-electron chi connectivity index (χ0n) is 15.2. The summed E-state index contributed by atoms with van der Waals surface area (Å²) in [4.78, 5) is 34.6. The van der Waals surface area contributed by atoms with Crippen molar-refractivity contribution in [2.75, 3.05) is 6.54 Å². The van der Waals surface area contributed by atoms with E-state index in [2.05, 4.69) is 17.6 Å². The molecule has 2 aromatic carbocycles. The lowest BCUT2D eigenvalue weighted by Crippen LogP contribution is -2.38. The first-order valence-electron chi connectivity index (χ1n) is 8.88. The molecule has 0 aliphatic carbocycles. The fourth-order valence-electron chi connectivity index (χ4n) is 2.68. The normalized spacial score (nSPS) is 11.4. The molecule has 2 aromatic rings. The lowest BCUT2D eigenvalue weighted by Gasteiger charge is -2.19. The highest BCUT2D eigenvalue weighted by Crippen LogP contribution is 2.19. The van der Waals surface area contributed by atoms with Gasteiger partial charge in [0.15, 0.2) is 0 Å². The third-order valence-electron chi connectivity index (χ3n) is 4.11. The highest BCUT2D eigenvalue weighted by molar-refractivity contribution is 5.97. The second kappa shape index (κ2) is 10.1. The van der Waals surface area contributed by atoms with Crippen molar-refractivity contribution >= 4 is 17.5 Å². The number of carbonyl (C=O) groups excluding carboxylic acids is 2. The Morgan fingerprint density at radius 1 is 1.11 bits per heavy atom. The summed E-state index contributed by atoms with van der Waals surface area (Å²) in [5.74, 6) is -0.836. The van der Waals surface area contributed by atoms with Crippen LogP contribution < -0.4 is 10.6 Å². The van der Waals surface area contributed by atoms with Gasteiger partial charge in [-0.25, -0.2) is 0 Å². The predicted molar refractivity (Wildman–Crippen MR) is 102 cm³/mol. The van der Waals surface area contributed by atoms with E-state index >= 15 is 0 Å². The Kier molecular flexibility index (Phi) is 7.49. The average Bonchev–Trinajstić information content (AvgIpc) is 2.70. The molecule has 2 rings (SSSR count). The molecule has 2 amide bonds. The first kappa shape index (κ1) is 20.1. The van der Waals surface area contributed by atoms with E-state index in [9.17, 15) is 19.7 Å². The molecule has 1 unspecified atom stereocenters. The summed E-state index contributed by atoms with van der Waals surface area (Å²) in [6, 6.07) is 15.0. The molecule has 7 heteroatoms. The monoisotopic (exact) mass is 369 g/mol. The van der Waals surface area contributed by atoms with Gasteiger partial charge in [0.25, 0.3) is 11.6 Å². The van der Waals surface area contributed by atoms with Crippen LogP contribution in [-0.2, 0) is 4.79 Å². The van der Waals surface area contributed by atoms with Gasteiger partial charge in [-0.05, 0) is 18.1 Å². The summed E-state index contributed by atoms with van der Waals surface area (Å²) < 4.78 is 0. The summed E-state index contributed by atoms with van der Waals surface area (Å²) in [7, 11) is 0. The van der Waals surface area contributed by atoms with Gasteiger partial charge in [0.2, 0.25) is 5.91 Å². The first-order valence-corrected chi connectivity index (χ1v) is 8.88. The zero-order valence-corrected chi connectivity index (χ0v) is 15.2. The Morgan fingerprint density at radius 2 is 1.85 bits per heavy atom. The largest absolute Gasteiger partial charge is 0.348 e. The van der Waals surface area contributed by atoms with E-state index in [1.807, 2.05) is 30.3 Å². The van der Waals surface area contributed by atoms with Gasteiger partial charge in [-0.1, -0.05) is 56.2 Å². The average molecular weight is 369 g/mol. The third-order valence-corrected chi connectivity index (χ3v) is 4.11. The SMILES string of the molecule is CCCCC(NC(=O)CNC(=O)c1cccc([N+](=O)[O-])c1)c1ccccc1. The lowest BCUT2D eigenvalue weighted by atomic mass is 10.0. The van der Waals surface area contributed by atoms with Crippen molar-refractivity contribution in [3.05, 3.63) is 75.8 Å². The number of carbonyl (C=O) groups is 2. The first-order chi connectivity index (χ1) is 13.0. The molecule has 2 N–H and O–H groups in total. The molecular weight excluding hydrogens is 346 g/mol. The standard InChI is InChI=1S/C20H23N3O4/c1-2-3-12-18(15-8-5-4-6-9-15)22-19(24)14-21-20(25)16-10-7-11-17(13-16)23(26)27/h4-11,13,18H,2-3,12,14H2,1H3,(H,21,25)(H,22,24). The van der Waals surface area contributed by atoms with E-state index in [-0.39, 0.29) is 29.7 Å². The number of non-ortho nitro benzene ring substituents is 1. The molecule has 1 atom stereocenters. The highest BCUT2D eigenvalue weighted by Gasteiger charge is 2.16. The Morgan fingerprint density at radius 3 is 2.52 bits per heavy atom. The molecule has 0 heterocycles. The number of hydrogen-bond acceptors (Lipinski definition) is 4. The van der Waals surface area contributed by atoms with Gasteiger partial charge in [0, 0.05) is 17.7 Å². The number of hydrogen-bond donors (Lipinski definition) is 2. The molecule has 0 aromatic heterocycles. The number of nitrogens with zero attached hydrogens (tertiary/aromatic N) is 1. The maximum absolute atomic E-state index is 12.3. The summed E-state index contributed by atoms with van der Waals surface area (Å²) in [6.45, 7) is 1.89. The van der Waals surface area contributed by atoms with Gasteiger partial charge < -0.3 is 10.6 Å². The van der Waals surface area contributed by atoms with Crippen molar-refractivity contribution in [2.45, 2.75) is 32.2 Å². The summed E-state index contributed by atoms with van der Waals surface area (Å²) >= 11 is 0. The van der Waals surface area contributed by atoms with Crippen LogP contribution in [0.2, 0.25) is 0 Å². The molecule has 0 aliphatic heterocycles. The van der Waals surface area contributed by atoms with Gasteiger partial charge in [-0.15, -0.1) is 0 Å². The number of benzene rings is 2. The number of nitro benzene ring substituents is 1. The van der Waals surface area contributed by atoms with Crippen LogP contribution in [0.1, 0.15) is 48.1 Å². The van der Waals surface area contributed by atoms with Gasteiger partial charge in [-0.2, -0.15) is 0 Å². The lowest BCUT2D eigenvalue weighted by molar-refractivity contribution is -0.384. The minimum absolute atomic E-state index is 0.117. The summed E-state index contributed by atoms with van der Waals surface area (Å²) in [6.07, 6.45) is 2.80.